The Morgan fingerprint density at radius 3 is 2.36 bits per heavy atom. The van der Waals surface area contributed by atoms with E-state index in [4.69, 9.17) is 0 Å². The van der Waals surface area contributed by atoms with Crippen LogP contribution in [0.1, 0.15) is 13.3 Å². The lowest BCUT2D eigenvalue weighted by Gasteiger charge is -2.29. The van der Waals surface area contributed by atoms with Gasteiger partial charge in [0.15, 0.2) is 9.84 Å². The summed E-state index contributed by atoms with van der Waals surface area (Å²) in [5, 5.41) is 3.41. The van der Waals surface area contributed by atoms with E-state index in [0.29, 0.717) is 23.6 Å². The van der Waals surface area contributed by atoms with Gasteiger partial charge in [-0.05, 0) is 20.4 Å². The third-order valence-corrected chi connectivity index (χ3v) is 5.09. The van der Waals surface area contributed by atoms with Crippen LogP contribution >= 0.6 is 0 Å². The lowest BCUT2D eigenvalue weighted by molar-refractivity contribution is 0.325. The van der Waals surface area contributed by atoms with Crippen molar-refractivity contribution in [2.75, 3.05) is 25.1 Å². The Labute approximate surface area is 85.6 Å². The molecule has 2 fully saturated rings. The molecule has 4 nitrogen and oxygen atoms in total. The fourth-order valence-electron chi connectivity index (χ4n) is 2.31. The molecule has 0 bridgehead atoms. The van der Waals surface area contributed by atoms with Gasteiger partial charge in [-0.15, -0.1) is 0 Å². The Kier molecular flexibility index (Phi) is 2.57. The number of rotatable bonds is 2. The van der Waals surface area contributed by atoms with E-state index in [1.807, 2.05) is 0 Å². The number of likely N-dealkylation sites (tertiary alicyclic amines) is 1. The molecule has 1 N–H and O–H groups in total. The highest BCUT2D eigenvalue weighted by Gasteiger charge is 2.36. The largest absolute Gasteiger partial charge is 0.308 e. The molecule has 2 heterocycles. The topological polar surface area (TPSA) is 49.4 Å². The second-order valence-electron chi connectivity index (χ2n) is 4.66. The first-order valence-electron chi connectivity index (χ1n) is 5.13. The van der Waals surface area contributed by atoms with Gasteiger partial charge in [0.1, 0.15) is 0 Å². The molecule has 0 aromatic rings. The van der Waals surface area contributed by atoms with Crippen LogP contribution in [0.4, 0.5) is 0 Å². The quantitative estimate of drug-likeness (QED) is 0.677. The molecule has 0 saturated carbocycles. The fraction of sp³-hybridized carbons (Fsp3) is 1.00. The van der Waals surface area contributed by atoms with E-state index in [-0.39, 0.29) is 6.04 Å². The van der Waals surface area contributed by atoms with Gasteiger partial charge in [0.05, 0.1) is 11.5 Å². The molecule has 0 spiro atoms. The maximum Gasteiger partial charge on any atom is 0.153 e. The third-order valence-electron chi connectivity index (χ3n) is 3.27. The molecule has 82 valence electrons. The summed E-state index contributed by atoms with van der Waals surface area (Å²) < 4.78 is 21.9. The van der Waals surface area contributed by atoms with Gasteiger partial charge >= 0.3 is 0 Å². The molecule has 0 amide bonds. The molecule has 2 aliphatic rings. The summed E-state index contributed by atoms with van der Waals surface area (Å²) in [6.07, 6.45) is 1.13. The normalized spacial score (nSPS) is 38.4. The minimum atomic E-state index is -2.68. The van der Waals surface area contributed by atoms with Crippen LogP contribution in [0.25, 0.3) is 0 Å². The minimum absolute atomic E-state index is 0.212. The Morgan fingerprint density at radius 2 is 1.93 bits per heavy atom. The maximum atomic E-state index is 10.9. The van der Waals surface area contributed by atoms with Crippen molar-refractivity contribution >= 4 is 9.84 Å². The molecule has 2 unspecified atom stereocenters. The van der Waals surface area contributed by atoms with E-state index in [2.05, 4.69) is 24.2 Å². The highest BCUT2D eigenvalue weighted by molar-refractivity contribution is 7.92. The third kappa shape index (κ3) is 2.10. The summed E-state index contributed by atoms with van der Waals surface area (Å²) in [6, 6.07) is 1.31. The van der Waals surface area contributed by atoms with Gasteiger partial charge < -0.3 is 10.2 Å². The molecule has 0 radical (unpaired) electrons. The number of nitrogens with zero attached hydrogens (tertiary/aromatic N) is 1. The van der Waals surface area contributed by atoms with E-state index >= 15 is 0 Å². The van der Waals surface area contributed by atoms with Crippen LogP contribution in [0.3, 0.4) is 0 Å². The molecule has 0 aliphatic carbocycles. The molecule has 2 rings (SSSR count). The fourth-order valence-corrected chi connectivity index (χ4v) is 3.63. The molecular weight excluding hydrogens is 200 g/mol. The second-order valence-corrected chi connectivity index (χ2v) is 6.82. The van der Waals surface area contributed by atoms with Gasteiger partial charge in [0.25, 0.3) is 0 Å². The Morgan fingerprint density at radius 1 is 1.29 bits per heavy atom. The Balaban J connectivity index is 1.78. The number of sulfone groups is 1. The average Bonchev–Trinajstić information content (AvgIpc) is 2.27. The molecule has 5 heteroatoms. The van der Waals surface area contributed by atoms with Crippen LogP contribution in [0, 0.1) is 0 Å². The smallest absolute Gasteiger partial charge is 0.153 e. The predicted octanol–water partition coefficient (Wildman–Crippen LogP) is -0.534. The molecule has 2 atom stereocenters. The average molecular weight is 218 g/mol. The highest BCUT2D eigenvalue weighted by atomic mass is 32.2. The lowest BCUT2D eigenvalue weighted by atomic mass is 10.2. The summed E-state index contributed by atoms with van der Waals surface area (Å²) >= 11 is 0. The number of hydrogen-bond acceptors (Lipinski definition) is 4. The first-order chi connectivity index (χ1) is 6.46. The predicted molar refractivity (Wildman–Crippen MR) is 56.1 cm³/mol. The van der Waals surface area contributed by atoms with E-state index in [1.54, 1.807) is 0 Å². The van der Waals surface area contributed by atoms with Crippen LogP contribution in [0.5, 0.6) is 0 Å². The van der Waals surface area contributed by atoms with E-state index < -0.39 is 9.84 Å². The van der Waals surface area contributed by atoms with Gasteiger partial charge in [-0.2, -0.15) is 0 Å². The second kappa shape index (κ2) is 3.47. The summed E-state index contributed by atoms with van der Waals surface area (Å²) in [5.74, 6) is 0.670. The van der Waals surface area contributed by atoms with Crippen molar-refractivity contribution < 1.29 is 8.42 Å². The number of likely N-dealkylation sites (N-methyl/N-ethyl adjacent to an activating group) is 1. The summed E-state index contributed by atoms with van der Waals surface area (Å²) in [5.41, 5.74) is 0. The molecule has 0 aromatic heterocycles. The lowest BCUT2D eigenvalue weighted by Crippen LogP contribution is -2.54. The van der Waals surface area contributed by atoms with Crippen molar-refractivity contribution in [3.05, 3.63) is 0 Å². The van der Waals surface area contributed by atoms with Crippen LogP contribution in [0.2, 0.25) is 0 Å². The van der Waals surface area contributed by atoms with Crippen molar-refractivity contribution in [3.63, 3.8) is 0 Å². The zero-order valence-corrected chi connectivity index (χ0v) is 9.55. The van der Waals surface area contributed by atoms with Crippen molar-refractivity contribution in [2.45, 2.75) is 31.5 Å². The van der Waals surface area contributed by atoms with E-state index in [0.717, 1.165) is 13.0 Å². The SMILES string of the molecule is CC1CC(NC2CS(=O)(=O)C2)CN1C. The standard InChI is InChI=1S/C9H18N2O2S/c1-7-3-8(4-11(7)2)10-9-5-14(12,13)6-9/h7-10H,3-6H2,1-2H3. The highest BCUT2D eigenvalue weighted by Crippen LogP contribution is 2.18. The van der Waals surface area contributed by atoms with Gasteiger partial charge in [0, 0.05) is 24.7 Å². The van der Waals surface area contributed by atoms with Crippen LogP contribution < -0.4 is 5.32 Å². The Hall–Kier alpha value is -0.130. The number of nitrogens with one attached hydrogen (secondary N) is 1. The zero-order valence-electron chi connectivity index (χ0n) is 8.73. The zero-order chi connectivity index (χ0) is 10.3. The summed E-state index contributed by atoms with van der Waals surface area (Å²) in [6.45, 7) is 3.25. The van der Waals surface area contributed by atoms with Gasteiger partial charge in [-0.25, -0.2) is 8.42 Å². The van der Waals surface area contributed by atoms with Gasteiger partial charge in [-0.3, -0.25) is 0 Å². The number of hydrogen-bond donors (Lipinski definition) is 1. The minimum Gasteiger partial charge on any atom is -0.308 e. The van der Waals surface area contributed by atoms with Crippen LogP contribution in [0.15, 0.2) is 0 Å². The van der Waals surface area contributed by atoms with Gasteiger partial charge in [0.2, 0.25) is 0 Å². The van der Waals surface area contributed by atoms with Crippen molar-refractivity contribution in [2.24, 2.45) is 0 Å². The first-order valence-corrected chi connectivity index (χ1v) is 6.95. The van der Waals surface area contributed by atoms with Crippen LogP contribution in [-0.2, 0) is 9.84 Å². The first kappa shape index (κ1) is 10.4. The summed E-state index contributed by atoms with van der Waals surface area (Å²) in [4.78, 5) is 2.31. The Bertz CT molecular complexity index is 293. The van der Waals surface area contributed by atoms with Crippen molar-refractivity contribution in [3.8, 4) is 0 Å². The van der Waals surface area contributed by atoms with Crippen molar-refractivity contribution in [1.29, 1.82) is 0 Å². The molecule has 2 aliphatic heterocycles. The van der Waals surface area contributed by atoms with Gasteiger partial charge in [-0.1, -0.05) is 0 Å². The van der Waals surface area contributed by atoms with Crippen molar-refractivity contribution in [1.82, 2.24) is 10.2 Å². The van der Waals surface area contributed by atoms with E-state index in [9.17, 15) is 8.42 Å². The monoisotopic (exact) mass is 218 g/mol. The molecule has 0 aromatic carbocycles. The molecule has 2 saturated heterocycles. The maximum absolute atomic E-state index is 10.9. The van der Waals surface area contributed by atoms with E-state index in [1.165, 1.54) is 0 Å². The van der Waals surface area contributed by atoms with Crippen LogP contribution in [-0.4, -0.2) is 56.5 Å². The summed E-state index contributed by atoms with van der Waals surface area (Å²) in [7, 11) is -0.561. The molecular formula is C9H18N2O2S. The molecule has 14 heavy (non-hydrogen) atoms.